The molecule has 654 valence electrons. The van der Waals surface area contributed by atoms with Gasteiger partial charge in [-0.1, -0.05) is 322 Å². The van der Waals surface area contributed by atoms with E-state index in [0.717, 1.165) is 0 Å². The molecule has 4 fully saturated rings. The molecule has 0 aromatic heterocycles. The van der Waals surface area contributed by atoms with Crippen molar-refractivity contribution in [2.75, 3.05) is 19.6 Å². The molecule has 4 nitrogen and oxygen atoms in total. The van der Waals surface area contributed by atoms with E-state index in [2.05, 4.69) is 427 Å². The number of benzene rings is 17. The maximum atomic E-state index is 2.69. The number of rotatable bonds is 12. The molecule has 19 aromatic rings. The summed E-state index contributed by atoms with van der Waals surface area (Å²) in [5.74, 6) is 0. The van der Waals surface area contributed by atoms with Crippen LogP contribution in [0.5, 0.6) is 0 Å². The van der Waals surface area contributed by atoms with Gasteiger partial charge in [0, 0.05) is 67.2 Å². The van der Waals surface area contributed by atoms with Crippen molar-refractivity contribution in [3.05, 3.63) is 374 Å². The Balaban J connectivity index is 0.605. The van der Waals surface area contributed by atoms with Gasteiger partial charge in [-0.05, 0) is 364 Å². The van der Waals surface area contributed by atoms with Gasteiger partial charge in [-0.15, -0.1) is 0 Å². The lowest BCUT2D eigenvalue weighted by Crippen LogP contribution is -2.54. The Kier molecular flexibility index (Phi) is 17.3. The molecule has 19 aromatic carbocycles. The zero-order chi connectivity index (χ0) is 89.7. The topological polar surface area (TPSA) is 13.0 Å². The van der Waals surface area contributed by atoms with E-state index in [4.69, 9.17) is 0 Å². The maximum absolute atomic E-state index is 2.69. The van der Waals surface area contributed by atoms with Crippen molar-refractivity contribution in [1.29, 1.82) is 0 Å². The van der Waals surface area contributed by atoms with E-state index >= 15 is 0 Å². The van der Waals surface area contributed by atoms with Crippen LogP contribution >= 0.6 is 0 Å². The molecule has 4 aliphatic heterocycles. The molecule has 0 saturated heterocycles. The van der Waals surface area contributed by atoms with Crippen molar-refractivity contribution in [3.8, 4) is 89.0 Å². The standard InChI is InChI=1S/C130H114N4/c1-123-69-21-25-73-127(123,5)131(95-29-13-9-14-30-95)115-65-53-91(77-111(115)123)83-37-45-87(46-38-83)99-57-61-103-107-81-109-105-63-59-101(89-49-41-85(42-50-89)93-55-67-117-113(79-93)125(3)71-23-27-75-129(125,7)133(117)97-33-17-11-18-34-97)120-102(90-51-43-86(44-52-90)94-56-68-118-114(80-94)126(4)72-24-28-76-130(126,8)134(118)98-35-19-12-20-36-98)60-64-106(122(105)120)110(109)82-108(107)104-62-58-100(119(99)121(103)104)88-47-39-84(40-48-88)92-54-66-116-112(78-92)124(2)70-22-26-74-128(124,6)132(116)96-31-15-10-16-32-96/h9-20,29-68,77-82H,21-28,69-76H2,1-8H3. The summed E-state index contributed by atoms with van der Waals surface area (Å²) in [6, 6.07) is 138. The molecule has 0 spiro atoms. The van der Waals surface area contributed by atoms with E-state index in [-0.39, 0.29) is 43.8 Å². The van der Waals surface area contributed by atoms with Crippen LogP contribution < -0.4 is 19.6 Å². The summed E-state index contributed by atoms with van der Waals surface area (Å²) in [6.07, 6.45) is 19.4. The van der Waals surface area contributed by atoms with E-state index in [9.17, 15) is 0 Å². The number of para-hydroxylation sites is 4. The number of nitrogens with zero attached hydrogens (tertiary/aromatic N) is 4. The normalized spacial score (nSPS) is 24.4. The number of hydrogen-bond donors (Lipinski definition) is 0. The first-order chi connectivity index (χ1) is 65.4. The highest BCUT2D eigenvalue weighted by atomic mass is 15.3. The van der Waals surface area contributed by atoms with Crippen molar-refractivity contribution in [3.63, 3.8) is 0 Å². The van der Waals surface area contributed by atoms with Crippen LogP contribution in [0.25, 0.3) is 154 Å². The van der Waals surface area contributed by atoms with Gasteiger partial charge in [-0.3, -0.25) is 0 Å². The molecule has 0 N–H and O–H groups in total. The van der Waals surface area contributed by atoms with Gasteiger partial charge in [-0.25, -0.2) is 0 Å². The minimum absolute atomic E-state index is 0.0141. The maximum Gasteiger partial charge on any atom is 0.0517 e. The Morgan fingerprint density at radius 1 is 0.164 bits per heavy atom. The average Bonchev–Trinajstić information content (AvgIpc) is 1.54. The first-order valence-electron chi connectivity index (χ1n) is 50.2. The molecule has 8 aliphatic rings. The third-order valence-electron chi connectivity index (χ3n) is 37.2. The molecular formula is C130H114N4. The average molecular weight is 1730 g/mol. The first-order valence-corrected chi connectivity index (χ1v) is 50.2. The fourth-order valence-electron chi connectivity index (χ4n) is 29.3. The zero-order valence-electron chi connectivity index (χ0n) is 78.6. The molecule has 0 bridgehead atoms. The van der Waals surface area contributed by atoms with Gasteiger partial charge in [-0.2, -0.15) is 0 Å². The van der Waals surface area contributed by atoms with Crippen LogP contribution in [0.1, 0.15) is 180 Å². The predicted octanol–water partition coefficient (Wildman–Crippen LogP) is 35.8. The molecule has 4 saturated carbocycles. The molecule has 134 heavy (non-hydrogen) atoms. The highest BCUT2D eigenvalue weighted by Gasteiger charge is 2.62. The molecule has 0 amide bonds. The van der Waals surface area contributed by atoms with Crippen LogP contribution in [0, 0.1) is 0 Å². The molecule has 0 radical (unpaired) electrons. The Hall–Kier alpha value is -13.5. The van der Waals surface area contributed by atoms with E-state index < -0.39 is 0 Å². The molecule has 27 rings (SSSR count). The van der Waals surface area contributed by atoms with Crippen LogP contribution in [-0.2, 0) is 21.7 Å². The Morgan fingerprint density at radius 3 is 0.575 bits per heavy atom. The summed E-state index contributed by atoms with van der Waals surface area (Å²) in [5, 5.41) is 15.6. The summed E-state index contributed by atoms with van der Waals surface area (Å²) in [6.45, 7) is 20.4. The van der Waals surface area contributed by atoms with Crippen LogP contribution in [-0.4, -0.2) is 22.2 Å². The van der Waals surface area contributed by atoms with Gasteiger partial charge in [0.1, 0.15) is 0 Å². The lowest BCUT2D eigenvalue weighted by Gasteiger charge is -2.50. The van der Waals surface area contributed by atoms with Gasteiger partial charge in [0.25, 0.3) is 0 Å². The molecule has 8 atom stereocenters. The molecule has 4 heteroatoms. The van der Waals surface area contributed by atoms with Gasteiger partial charge in [0.15, 0.2) is 0 Å². The predicted molar refractivity (Wildman–Crippen MR) is 569 cm³/mol. The van der Waals surface area contributed by atoms with E-state index in [0.29, 0.717) is 0 Å². The van der Waals surface area contributed by atoms with Crippen molar-refractivity contribution < 1.29 is 0 Å². The second-order valence-corrected chi connectivity index (χ2v) is 43.3. The Bertz CT molecular complexity index is 7070. The van der Waals surface area contributed by atoms with Crippen molar-refractivity contribution in [1.82, 2.24) is 0 Å². The third kappa shape index (κ3) is 10.9. The van der Waals surface area contributed by atoms with Gasteiger partial charge >= 0.3 is 0 Å². The summed E-state index contributed by atoms with van der Waals surface area (Å²) in [4.78, 5) is 10.8. The fourth-order valence-corrected chi connectivity index (χ4v) is 29.3. The van der Waals surface area contributed by atoms with Crippen LogP contribution in [0.3, 0.4) is 0 Å². The number of fused-ring (bicyclic) bond motifs is 18. The van der Waals surface area contributed by atoms with Crippen molar-refractivity contribution in [2.24, 2.45) is 0 Å². The monoisotopic (exact) mass is 1730 g/mol. The quantitative estimate of drug-likeness (QED) is 0.121. The summed E-state index contributed by atoms with van der Waals surface area (Å²) in [7, 11) is 0. The van der Waals surface area contributed by atoms with Crippen molar-refractivity contribution in [2.45, 2.75) is 202 Å². The highest BCUT2D eigenvalue weighted by Crippen LogP contribution is 2.67. The van der Waals surface area contributed by atoms with E-state index in [1.165, 1.54) is 324 Å². The third-order valence-corrected chi connectivity index (χ3v) is 37.2. The number of anilines is 8. The van der Waals surface area contributed by atoms with Gasteiger partial charge in [0.05, 0.1) is 22.2 Å². The smallest absolute Gasteiger partial charge is 0.0517 e. The minimum atomic E-state index is -0.0194. The van der Waals surface area contributed by atoms with Crippen LogP contribution in [0.15, 0.2) is 352 Å². The van der Waals surface area contributed by atoms with Gasteiger partial charge in [0.2, 0.25) is 0 Å². The van der Waals surface area contributed by atoms with Crippen LogP contribution in [0.2, 0.25) is 0 Å². The SMILES string of the molecule is CC12CCCCC1(C)N(c1ccccc1)c1ccc(-c3ccc(-c4ccc5c6cc7c(cc6c6ccc(-c8ccc(-c9ccc%10c(c9)C9(C)CCCCC9(C)N%10c9ccccc9)cc8)c4c56)c4ccc(-c5ccc(-c6ccc8c(c6)C6(C)CCCCC6(C)N8c6ccccc6)cc5)c5c(-c6ccc(-c8ccc9c(c8)C8(C)CCCCC8(C)N9c8ccccc8)cc6)ccc7c54)cc3)cc12. The molecule has 4 heterocycles. The lowest BCUT2D eigenvalue weighted by molar-refractivity contribution is 0.195. The summed E-state index contributed by atoms with van der Waals surface area (Å²) < 4.78 is 0. The van der Waals surface area contributed by atoms with Crippen molar-refractivity contribution >= 4 is 110 Å². The lowest BCUT2D eigenvalue weighted by atomic mass is 9.61. The summed E-state index contributed by atoms with van der Waals surface area (Å²) >= 11 is 0. The molecule has 8 unspecified atom stereocenters. The van der Waals surface area contributed by atoms with Gasteiger partial charge < -0.3 is 19.6 Å². The van der Waals surface area contributed by atoms with E-state index in [1.54, 1.807) is 0 Å². The van der Waals surface area contributed by atoms with E-state index in [1.807, 2.05) is 0 Å². The summed E-state index contributed by atoms with van der Waals surface area (Å²) in [5.41, 5.74) is 36.5. The Morgan fingerprint density at radius 2 is 0.358 bits per heavy atom. The largest absolute Gasteiger partial charge is 0.334 e. The Labute approximate surface area is 789 Å². The zero-order valence-corrected chi connectivity index (χ0v) is 78.6. The fraction of sp³-hybridized carbons (Fsp3) is 0.246. The first kappa shape index (κ1) is 80.1. The minimum Gasteiger partial charge on any atom is -0.334 e. The highest BCUT2D eigenvalue weighted by molar-refractivity contribution is 6.40. The second-order valence-electron chi connectivity index (χ2n) is 43.3. The number of hydrogen-bond acceptors (Lipinski definition) is 4. The molecule has 4 aliphatic carbocycles. The van der Waals surface area contributed by atoms with Crippen LogP contribution in [0.4, 0.5) is 45.5 Å². The molecular weight excluding hydrogens is 1620 g/mol. The second kappa shape index (κ2) is 29.0.